The Morgan fingerprint density at radius 2 is 1.67 bits per heavy atom. The highest BCUT2D eigenvalue weighted by atomic mass is 14.7. The fourth-order valence-electron chi connectivity index (χ4n) is 2.87. The Morgan fingerprint density at radius 1 is 1.07 bits per heavy atom. The normalized spacial score (nSPS) is 21.8. The number of hydrogen-bond donors (Lipinski definition) is 1. The van der Waals surface area contributed by atoms with Crippen molar-refractivity contribution < 1.29 is 0 Å². The molecule has 1 atom stereocenters. The molecular weight excluding hydrogens is 182 g/mol. The lowest BCUT2D eigenvalue weighted by atomic mass is 9.79. The SMILES string of the molecule is CCCCCCCC(N)C1(C)CCCC1. The van der Waals surface area contributed by atoms with E-state index in [1.165, 1.54) is 64.2 Å². The Balaban J connectivity index is 2.09. The van der Waals surface area contributed by atoms with Gasteiger partial charge < -0.3 is 5.73 Å². The lowest BCUT2D eigenvalue weighted by molar-refractivity contribution is 0.246. The van der Waals surface area contributed by atoms with Crippen molar-refractivity contribution in [2.24, 2.45) is 11.1 Å². The first-order chi connectivity index (χ1) is 7.19. The van der Waals surface area contributed by atoms with E-state index >= 15 is 0 Å². The standard InChI is InChI=1S/C14H29N/c1-3-4-5-6-7-10-13(15)14(2)11-8-9-12-14/h13H,3-12,15H2,1-2H3. The second-order valence-electron chi connectivity index (χ2n) is 5.67. The average Bonchev–Trinajstić information content (AvgIpc) is 2.66. The van der Waals surface area contributed by atoms with E-state index in [1.54, 1.807) is 0 Å². The highest BCUT2D eigenvalue weighted by molar-refractivity contribution is 4.89. The molecule has 2 N–H and O–H groups in total. The van der Waals surface area contributed by atoms with Crippen LogP contribution in [0, 0.1) is 5.41 Å². The van der Waals surface area contributed by atoms with Crippen LogP contribution in [-0.4, -0.2) is 6.04 Å². The summed E-state index contributed by atoms with van der Waals surface area (Å²) in [5.74, 6) is 0. The minimum absolute atomic E-state index is 0.460. The van der Waals surface area contributed by atoms with Gasteiger partial charge in [-0.25, -0.2) is 0 Å². The molecule has 0 heterocycles. The molecule has 0 spiro atoms. The van der Waals surface area contributed by atoms with Crippen molar-refractivity contribution in [1.82, 2.24) is 0 Å². The minimum Gasteiger partial charge on any atom is -0.327 e. The van der Waals surface area contributed by atoms with E-state index in [0.717, 1.165) is 0 Å². The zero-order valence-electron chi connectivity index (χ0n) is 10.7. The number of nitrogens with two attached hydrogens (primary N) is 1. The summed E-state index contributed by atoms with van der Waals surface area (Å²) in [6.45, 7) is 4.67. The smallest absolute Gasteiger partial charge is 0.00929 e. The summed E-state index contributed by atoms with van der Waals surface area (Å²) in [7, 11) is 0. The average molecular weight is 211 g/mol. The van der Waals surface area contributed by atoms with Gasteiger partial charge in [-0.05, 0) is 24.7 Å². The molecule has 0 bridgehead atoms. The van der Waals surface area contributed by atoms with Crippen LogP contribution < -0.4 is 5.73 Å². The summed E-state index contributed by atoms with van der Waals surface area (Å²) in [6.07, 6.45) is 13.6. The Labute approximate surface area is 95.8 Å². The van der Waals surface area contributed by atoms with Gasteiger partial charge in [0.15, 0.2) is 0 Å². The van der Waals surface area contributed by atoms with E-state index in [4.69, 9.17) is 5.73 Å². The fourth-order valence-corrected chi connectivity index (χ4v) is 2.87. The minimum atomic E-state index is 0.460. The molecule has 1 aliphatic carbocycles. The summed E-state index contributed by atoms with van der Waals surface area (Å²) in [5, 5.41) is 0. The molecular formula is C14H29N. The summed E-state index contributed by atoms with van der Waals surface area (Å²) in [4.78, 5) is 0. The van der Waals surface area contributed by atoms with E-state index in [0.29, 0.717) is 11.5 Å². The predicted octanol–water partition coefficient (Wildman–Crippen LogP) is 4.25. The van der Waals surface area contributed by atoms with Crippen LogP contribution in [0.25, 0.3) is 0 Å². The van der Waals surface area contributed by atoms with Gasteiger partial charge in [-0.2, -0.15) is 0 Å². The quantitative estimate of drug-likeness (QED) is 0.626. The van der Waals surface area contributed by atoms with E-state index < -0.39 is 0 Å². The van der Waals surface area contributed by atoms with Crippen molar-refractivity contribution in [3.05, 3.63) is 0 Å². The van der Waals surface area contributed by atoms with Crippen LogP contribution >= 0.6 is 0 Å². The first kappa shape index (κ1) is 13.0. The van der Waals surface area contributed by atoms with Crippen LogP contribution in [0.1, 0.15) is 78.1 Å². The maximum absolute atomic E-state index is 6.33. The van der Waals surface area contributed by atoms with Crippen molar-refractivity contribution in [2.75, 3.05) is 0 Å². The van der Waals surface area contributed by atoms with Crippen molar-refractivity contribution >= 4 is 0 Å². The van der Waals surface area contributed by atoms with Crippen molar-refractivity contribution in [3.8, 4) is 0 Å². The summed E-state index contributed by atoms with van der Waals surface area (Å²) >= 11 is 0. The largest absolute Gasteiger partial charge is 0.327 e. The summed E-state index contributed by atoms with van der Waals surface area (Å²) < 4.78 is 0. The third kappa shape index (κ3) is 4.14. The summed E-state index contributed by atoms with van der Waals surface area (Å²) in [6, 6.07) is 0.460. The van der Waals surface area contributed by atoms with Crippen LogP contribution in [0.15, 0.2) is 0 Å². The highest BCUT2D eigenvalue weighted by Gasteiger charge is 2.34. The van der Waals surface area contributed by atoms with Crippen LogP contribution in [0.2, 0.25) is 0 Å². The fraction of sp³-hybridized carbons (Fsp3) is 1.00. The topological polar surface area (TPSA) is 26.0 Å². The molecule has 0 aromatic heterocycles. The van der Waals surface area contributed by atoms with E-state index in [1.807, 2.05) is 0 Å². The molecule has 0 saturated heterocycles. The molecule has 15 heavy (non-hydrogen) atoms. The highest BCUT2D eigenvalue weighted by Crippen LogP contribution is 2.41. The van der Waals surface area contributed by atoms with Crippen LogP contribution in [0.3, 0.4) is 0 Å². The van der Waals surface area contributed by atoms with Gasteiger partial charge in [0.25, 0.3) is 0 Å². The second-order valence-corrected chi connectivity index (χ2v) is 5.67. The van der Waals surface area contributed by atoms with Gasteiger partial charge in [0.1, 0.15) is 0 Å². The molecule has 0 aliphatic heterocycles. The van der Waals surface area contributed by atoms with Gasteiger partial charge in [-0.15, -0.1) is 0 Å². The van der Waals surface area contributed by atoms with Gasteiger partial charge in [0.2, 0.25) is 0 Å². The van der Waals surface area contributed by atoms with Crippen molar-refractivity contribution in [1.29, 1.82) is 0 Å². The zero-order chi connectivity index (χ0) is 11.1. The molecule has 1 saturated carbocycles. The van der Waals surface area contributed by atoms with Crippen molar-refractivity contribution in [3.63, 3.8) is 0 Å². The molecule has 1 aliphatic rings. The van der Waals surface area contributed by atoms with Crippen LogP contribution in [0.4, 0.5) is 0 Å². The number of hydrogen-bond acceptors (Lipinski definition) is 1. The van der Waals surface area contributed by atoms with Gasteiger partial charge in [0.05, 0.1) is 0 Å². The third-order valence-corrected chi connectivity index (χ3v) is 4.26. The van der Waals surface area contributed by atoms with Gasteiger partial charge in [0, 0.05) is 6.04 Å². The lowest BCUT2D eigenvalue weighted by Gasteiger charge is -2.31. The maximum Gasteiger partial charge on any atom is 0.00929 e. The van der Waals surface area contributed by atoms with E-state index in [2.05, 4.69) is 13.8 Å². The first-order valence-corrected chi connectivity index (χ1v) is 6.94. The number of unbranched alkanes of at least 4 members (excludes halogenated alkanes) is 4. The molecule has 1 fully saturated rings. The monoisotopic (exact) mass is 211 g/mol. The first-order valence-electron chi connectivity index (χ1n) is 6.94. The van der Waals surface area contributed by atoms with Crippen LogP contribution in [-0.2, 0) is 0 Å². The molecule has 0 radical (unpaired) electrons. The number of rotatable bonds is 7. The third-order valence-electron chi connectivity index (χ3n) is 4.26. The maximum atomic E-state index is 6.33. The molecule has 0 aromatic carbocycles. The molecule has 1 rings (SSSR count). The van der Waals surface area contributed by atoms with Crippen LogP contribution in [0.5, 0.6) is 0 Å². The Kier molecular flexibility index (Phi) is 5.66. The van der Waals surface area contributed by atoms with E-state index in [-0.39, 0.29) is 0 Å². The Hall–Kier alpha value is -0.0400. The molecule has 1 nitrogen and oxygen atoms in total. The predicted molar refractivity (Wildman–Crippen MR) is 67.9 cm³/mol. The molecule has 1 heteroatoms. The van der Waals surface area contributed by atoms with Gasteiger partial charge in [-0.1, -0.05) is 58.8 Å². The lowest BCUT2D eigenvalue weighted by Crippen LogP contribution is -2.37. The van der Waals surface area contributed by atoms with Gasteiger partial charge >= 0.3 is 0 Å². The second kappa shape index (κ2) is 6.52. The molecule has 1 unspecified atom stereocenters. The Morgan fingerprint density at radius 3 is 2.27 bits per heavy atom. The molecule has 0 amide bonds. The summed E-state index contributed by atoms with van der Waals surface area (Å²) in [5.41, 5.74) is 6.80. The Bertz CT molecular complexity index is 159. The zero-order valence-corrected chi connectivity index (χ0v) is 10.7. The van der Waals surface area contributed by atoms with Crippen molar-refractivity contribution in [2.45, 2.75) is 84.1 Å². The molecule has 0 aromatic rings. The van der Waals surface area contributed by atoms with Gasteiger partial charge in [-0.3, -0.25) is 0 Å². The molecule has 90 valence electrons. The van der Waals surface area contributed by atoms with E-state index in [9.17, 15) is 0 Å².